The number of Topliss-reactive ketones (excluding diaryl/α,β-unsaturated/α-hetero) is 1. The summed E-state index contributed by atoms with van der Waals surface area (Å²) in [6, 6.07) is 5.67. The number of hydrogen-bond donors (Lipinski definition) is 0. The van der Waals surface area contributed by atoms with Crippen LogP contribution in [0.5, 0.6) is 0 Å². The Bertz CT molecular complexity index is 433. The number of para-hydroxylation sites is 1. The Balaban J connectivity index is 2.82. The van der Waals surface area contributed by atoms with Crippen molar-refractivity contribution in [1.29, 1.82) is 0 Å². The molecule has 1 heterocycles. The van der Waals surface area contributed by atoms with Crippen LogP contribution in [-0.2, 0) is 0 Å². The minimum absolute atomic E-state index is 0.0755. The molecule has 12 heavy (non-hydrogen) atoms. The number of carbonyl (C=O) groups excluding carboxylic acids is 1. The van der Waals surface area contributed by atoms with E-state index in [0.717, 1.165) is 10.2 Å². The number of benzene rings is 1. The van der Waals surface area contributed by atoms with Gasteiger partial charge in [-0.1, -0.05) is 6.07 Å². The van der Waals surface area contributed by atoms with Crippen molar-refractivity contribution in [2.24, 2.45) is 0 Å². The van der Waals surface area contributed by atoms with Gasteiger partial charge in [0.2, 0.25) is 0 Å². The van der Waals surface area contributed by atoms with Crippen molar-refractivity contribution in [1.82, 2.24) is 4.98 Å². The molecule has 0 atom stereocenters. The van der Waals surface area contributed by atoms with Gasteiger partial charge in [-0.05, 0) is 19.1 Å². The number of thiazole rings is 1. The summed E-state index contributed by atoms with van der Waals surface area (Å²) in [5.41, 5.74) is 3.31. The van der Waals surface area contributed by atoms with Crippen molar-refractivity contribution in [2.75, 3.05) is 0 Å². The number of aromatic nitrogens is 1. The zero-order valence-electron chi connectivity index (χ0n) is 6.57. The van der Waals surface area contributed by atoms with E-state index in [2.05, 4.69) is 4.98 Å². The number of carbonyl (C=O) groups is 1. The largest absolute Gasteiger partial charge is 0.294 e. The first kappa shape index (κ1) is 7.43. The van der Waals surface area contributed by atoms with E-state index in [9.17, 15) is 4.79 Å². The standard InChI is InChI=1S/C9H7NOS/c1-6(11)7-3-2-4-8-9(7)10-5-12-8/h2-5H,1H3. The number of hydrogen-bond acceptors (Lipinski definition) is 3. The van der Waals surface area contributed by atoms with Crippen LogP contribution >= 0.6 is 11.3 Å². The van der Waals surface area contributed by atoms with E-state index in [1.54, 1.807) is 23.8 Å². The van der Waals surface area contributed by atoms with Crippen molar-refractivity contribution in [2.45, 2.75) is 6.92 Å². The third kappa shape index (κ3) is 1.02. The van der Waals surface area contributed by atoms with Gasteiger partial charge < -0.3 is 0 Å². The maximum Gasteiger partial charge on any atom is 0.162 e. The van der Waals surface area contributed by atoms with Crippen LogP contribution in [-0.4, -0.2) is 10.8 Å². The van der Waals surface area contributed by atoms with Crippen molar-refractivity contribution >= 4 is 27.3 Å². The van der Waals surface area contributed by atoms with Crippen LogP contribution in [0.1, 0.15) is 17.3 Å². The van der Waals surface area contributed by atoms with E-state index in [0.29, 0.717) is 5.56 Å². The van der Waals surface area contributed by atoms with Crippen LogP contribution in [0.15, 0.2) is 23.7 Å². The maximum absolute atomic E-state index is 11.1. The van der Waals surface area contributed by atoms with Gasteiger partial charge in [0.1, 0.15) is 0 Å². The van der Waals surface area contributed by atoms with Crippen molar-refractivity contribution in [3.63, 3.8) is 0 Å². The lowest BCUT2D eigenvalue weighted by Crippen LogP contribution is -1.92. The fourth-order valence-corrected chi connectivity index (χ4v) is 1.87. The molecule has 0 unspecified atom stereocenters. The van der Waals surface area contributed by atoms with Crippen molar-refractivity contribution < 1.29 is 4.79 Å². The minimum Gasteiger partial charge on any atom is -0.294 e. The fourth-order valence-electron chi connectivity index (χ4n) is 1.17. The van der Waals surface area contributed by atoms with Crippen LogP contribution in [0.3, 0.4) is 0 Å². The van der Waals surface area contributed by atoms with Crippen LogP contribution in [0.4, 0.5) is 0 Å². The SMILES string of the molecule is CC(=O)c1cccc2scnc12. The molecule has 1 aromatic heterocycles. The van der Waals surface area contributed by atoms with Crippen molar-refractivity contribution in [3.8, 4) is 0 Å². The quantitative estimate of drug-likeness (QED) is 0.626. The van der Waals surface area contributed by atoms with Gasteiger partial charge in [-0.2, -0.15) is 0 Å². The molecular weight excluding hydrogens is 170 g/mol. The van der Waals surface area contributed by atoms with E-state index >= 15 is 0 Å². The first-order chi connectivity index (χ1) is 5.79. The maximum atomic E-state index is 11.1. The van der Waals surface area contributed by atoms with E-state index in [4.69, 9.17) is 0 Å². The predicted octanol–water partition coefficient (Wildman–Crippen LogP) is 2.50. The zero-order valence-corrected chi connectivity index (χ0v) is 7.39. The molecule has 0 aliphatic carbocycles. The number of ketones is 1. The van der Waals surface area contributed by atoms with Gasteiger partial charge in [0, 0.05) is 5.56 Å². The first-order valence-corrected chi connectivity index (χ1v) is 4.50. The first-order valence-electron chi connectivity index (χ1n) is 3.62. The highest BCUT2D eigenvalue weighted by Gasteiger charge is 2.06. The average molecular weight is 177 g/mol. The Labute approximate surface area is 73.9 Å². The minimum atomic E-state index is 0.0755. The van der Waals surface area contributed by atoms with E-state index in [1.165, 1.54) is 0 Å². The fraction of sp³-hybridized carbons (Fsp3) is 0.111. The van der Waals surface area contributed by atoms with E-state index in [-0.39, 0.29) is 5.78 Å². The average Bonchev–Trinajstić information content (AvgIpc) is 2.49. The highest BCUT2D eigenvalue weighted by Crippen LogP contribution is 2.21. The molecule has 0 amide bonds. The summed E-state index contributed by atoms with van der Waals surface area (Å²) in [4.78, 5) is 15.3. The van der Waals surface area contributed by atoms with Crippen LogP contribution in [0.2, 0.25) is 0 Å². The topological polar surface area (TPSA) is 30.0 Å². The highest BCUT2D eigenvalue weighted by atomic mass is 32.1. The molecule has 0 spiro atoms. The van der Waals surface area contributed by atoms with Gasteiger partial charge >= 0.3 is 0 Å². The smallest absolute Gasteiger partial charge is 0.162 e. The van der Waals surface area contributed by atoms with Gasteiger partial charge in [-0.3, -0.25) is 4.79 Å². The molecule has 2 nitrogen and oxygen atoms in total. The third-order valence-corrected chi connectivity index (χ3v) is 2.53. The summed E-state index contributed by atoms with van der Waals surface area (Å²) < 4.78 is 1.07. The molecule has 1 aromatic carbocycles. The Morgan fingerprint density at radius 2 is 2.33 bits per heavy atom. The summed E-state index contributed by atoms with van der Waals surface area (Å²) in [5.74, 6) is 0.0755. The molecule has 2 rings (SSSR count). The summed E-state index contributed by atoms with van der Waals surface area (Å²) in [6.45, 7) is 1.56. The molecule has 0 saturated carbocycles. The second-order valence-corrected chi connectivity index (χ2v) is 3.45. The molecule has 60 valence electrons. The van der Waals surface area contributed by atoms with Crippen LogP contribution in [0, 0.1) is 0 Å². The highest BCUT2D eigenvalue weighted by molar-refractivity contribution is 7.16. The number of rotatable bonds is 1. The monoisotopic (exact) mass is 177 g/mol. The Hall–Kier alpha value is -1.22. The molecular formula is C9H7NOS. The summed E-state index contributed by atoms with van der Waals surface area (Å²) in [5, 5.41) is 0. The van der Waals surface area contributed by atoms with E-state index < -0.39 is 0 Å². The normalized spacial score (nSPS) is 10.4. The molecule has 0 radical (unpaired) electrons. The van der Waals surface area contributed by atoms with E-state index in [1.807, 2.05) is 18.2 Å². The molecule has 3 heteroatoms. The predicted molar refractivity (Wildman–Crippen MR) is 49.6 cm³/mol. The molecule has 0 aliphatic heterocycles. The van der Waals surface area contributed by atoms with Crippen molar-refractivity contribution in [3.05, 3.63) is 29.3 Å². The lowest BCUT2D eigenvalue weighted by molar-refractivity contribution is 0.101. The molecule has 0 fully saturated rings. The Morgan fingerprint density at radius 3 is 3.08 bits per heavy atom. The van der Waals surface area contributed by atoms with Gasteiger partial charge in [-0.15, -0.1) is 11.3 Å². The summed E-state index contributed by atoms with van der Waals surface area (Å²) in [6.07, 6.45) is 0. The zero-order chi connectivity index (χ0) is 8.55. The molecule has 0 bridgehead atoms. The van der Waals surface area contributed by atoms with Crippen LogP contribution in [0.25, 0.3) is 10.2 Å². The lowest BCUT2D eigenvalue weighted by atomic mass is 10.1. The van der Waals surface area contributed by atoms with Gasteiger partial charge in [0.15, 0.2) is 5.78 Å². The van der Waals surface area contributed by atoms with Gasteiger partial charge in [0.05, 0.1) is 15.7 Å². The Morgan fingerprint density at radius 1 is 1.50 bits per heavy atom. The number of fused-ring (bicyclic) bond motifs is 1. The second-order valence-electron chi connectivity index (χ2n) is 2.56. The molecule has 0 aliphatic rings. The van der Waals surface area contributed by atoms with Gasteiger partial charge in [-0.25, -0.2) is 4.98 Å². The molecule has 0 saturated heterocycles. The van der Waals surface area contributed by atoms with Gasteiger partial charge in [0.25, 0.3) is 0 Å². The third-order valence-electron chi connectivity index (χ3n) is 1.74. The summed E-state index contributed by atoms with van der Waals surface area (Å²) in [7, 11) is 0. The second kappa shape index (κ2) is 2.68. The molecule has 2 aromatic rings. The Kier molecular flexibility index (Phi) is 1.66. The van der Waals surface area contributed by atoms with Crippen LogP contribution < -0.4 is 0 Å². The summed E-state index contributed by atoms with van der Waals surface area (Å²) >= 11 is 1.56. The number of nitrogens with zero attached hydrogens (tertiary/aromatic N) is 1. The molecule has 0 N–H and O–H groups in total. The lowest BCUT2D eigenvalue weighted by Gasteiger charge is -1.94.